The zero-order valence-electron chi connectivity index (χ0n) is 10.9. The molecule has 0 aromatic carbocycles. The molecule has 1 unspecified atom stereocenters. The van der Waals surface area contributed by atoms with Gasteiger partial charge in [-0.2, -0.15) is 10.3 Å². The molecule has 4 heteroatoms. The Morgan fingerprint density at radius 2 is 2.06 bits per heavy atom. The monoisotopic (exact) mass is 236 g/mol. The molecule has 0 spiro atoms. The first kappa shape index (κ1) is 13.9. The van der Waals surface area contributed by atoms with E-state index in [0.717, 1.165) is 5.57 Å². The lowest BCUT2D eigenvalue weighted by molar-refractivity contribution is -0.214. The van der Waals surface area contributed by atoms with E-state index in [1.54, 1.807) is 6.08 Å². The normalized spacial score (nSPS) is 24.6. The smallest absolute Gasteiger partial charge is 0.109 e. The molecule has 4 nitrogen and oxygen atoms in total. The summed E-state index contributed by atoms with van der Waals surface area (Å²) in [6.45, 7) is 11.0. The van der Waals surface area contributed by atoms with E-state index in [-0.39, 0.29) is 5.57 Å². The number of aliphatic hydroxyl groups is 1. The van der Waals surface area contributed by atoms with Gasteiger partial charge in [0.05, 0.1) is 17.2 Å². The zero-order chi connectivity index (χ0) is 13.4. The van der Waals surface area contributed by atoms with Crippen molar-refractivity contribution in [1.29, 1.82) is 5.26 Å². The second kappa shape index (κ2) is 4.26. The Balaban J connectivity index is 3.12. The maximum atomic E-state index is 10.1. The van der Waals surface area contributed by atoms with Crippen LogP contribution in [0.25, 0.3) is 0 Å². The van der Waals surface area contributed by atoms with Crippen molar-refractivity contribution < 1.29 is 10.3 Å². The molecule has 1 aliphatic heterocycles. The number of rotatable bonds is 2. The van der Waals surface area contributed by atoms with Crippen molar-refractivity contribution in [2.24, 2.45) is 0 Å². The van der Waals surface area contributed by atoms with Gasteiger partial charge in [0.1, 0.15) is 6.10 Å². The van der Waals surface area contributed by atoms with Crippen LogP contribution < -0.4 is 0 Å². The third-order valence-corrected chi connectivity index (χ3v) is 3.12. The van der Waals surface area contributed by atoms with Crippen LogP contribution in [0.5, 0.6) is 0 Å². The van der Waals surface area contributed by atoms with Crippen LogP contribution in [0.1, 0.15) is 34.1 Å². The number of aliphatic hydroxyl groups excluding tert-OH is 1. The highest BCUT2D eigenvalue weighted by Crippen LogP contribution is 2.37. The van der Waals surface area contributed by atoms with Gasteiger partial charge in [0.2, 0.25) is 0 Å². The highest BCUT2D eigenvalue weighted by atomic mass is 16.5. The fourth-order valence-electron chi connectivity index (χ4n) is 2.38. The van der Waals surface area contributed by atoms with E-state index in [2.05, 4.69) is 6.58 Å². The maximum Gasteiger partial charge on any atom is 0.109 e. The summed E-state index contributed by atoms with van der Waals surface area (Å²) in [5.41, 5.74) is -0.191. The van der Waals surface area contributed by atoms with Gasteiger partial charge in [-0.1, -0.05) is 12.7 Å². The molecule has 1 heterocycles. The molecule has 94 valence electrons. The topological polar surface area (TPSA) is 67.5 Å². The second-order valence-corrected chi connectivity index (χ2v) is 5.71. The van der Waals surface area contributed by atoms with Gasteiger partial charge in [-0.15, -0.1) is 0 Å². The molecular weight excluding hydrogens is 216 g/mol. The molecule has 0 aromatic rings. The van der Waals surface area contributed by atoms with Crippen molar-refractivity contribution in [3.05, 3.63) is 23.8 Å². The van der Waals surface area contributed by atoms with Crippen molar-refractivity contribution in [1.82, 2.24) is 5.06 Å². The summed E-state index contributed by atoms with van der Waals surface area (Å²) >= 11 is 0. The molecule has 0 fully saturated rings. The van der Waals surface area contributed by atoms with Gasteiger partial charge in [0, 0.05) is 5.54 Å². The fourth-order valence-corrected chi connectivity index (χ4v) is 2.38. The molecule has 17 heavy (non-hydrogen) atoms. The minimum absolute atomic E-state index is 0.134. The number of hydrogen-bond acceptors (Lipinski definition) is 4. The highest BCUT2D eigenvalue weighted by molar-refractivity contribution is 5.35. The number of hydroxylamine groups is 2. The third kappa shape index (κ3) is 2.58. The number of nitriles is 1. The summed E-state index contributed by atoms with van der Waals surface area (Å²) in [6, 6.07) is 1.87. The number of hydrogen-bond donors (Lipinski definition) is 2. The van der Waals surface area contributed by atoms with Gasteiger partial charge in [0.15, 0.2) is 0 Å². The molecule has 0 aliphatic carbocycles. The molecule has 0 saturated heterocycles. The first-order valence-electron chi connectivity index (χ1n) is 5.59. The quantitative estimate of drug-likeness (QED) is 0.568. The van der Waals surface area contributed by atoms with Gasteiger partial charge < -0.3 is 10.3 Å². The Kier molecular flexibility index (Phi) is 3.49. The van der Waals surface area contributed by atoms with Crippen LogP contribution in [0, 0.1) is 11.3 Å². The molecule has 0 aromatic heterocycles. The second-order valence-electron chi connectivity index (χ2n) is 5.71. The molecule has 0 bridgehead atoms. The molecule has 0 radical (unpaired) electrons. The van der Waals surface area contributed by atoms with E-state index in [0.29, 0.717) is 6.42 Å². The molecule has 0 amide bonds. The van der Waals surface area contributed by atoms with Crippen molar-refractivity contribution in [2.75, 3.05) is 0 Å². The van der Waals surface area contributed by atoms with Gasteiger partial charge in [-0.05, 0) is 39.7 Å². The largest absolute Gasteiger partial charge is 0.383 e. The Bertz CT molecular complexity index is 402. The summed E-state index contributed by atoms with van der Waals surface area (Å²) in [4.78, 5) is 0. The van der Waals surface area contributed by atoms with E-state index in [9.17, 15) is 10.3 Å². The average molecular weight is 236 g/mol. The van der Waals surface area contributed by atoms with Crippen LogP contribution in [-0.4, -0.2) is 32.6 Å². The molecular formula is C13H20N2O2. The van der Waals surface area contributed by atoms with Crippen molar-refractivity contribution in [2.45, 2.75) is 51.3 Å². The summed E-state index contributed by atoms with van der Waals surface area (Å²) in [6.07, 6.45) is 1.34. The molecule has 2 N–H and O–H groups in total. The Morgan fingerprint density at radius 3 is 2.47 bits per heavy atom. The number of nitrogens with zero attached hydrogens (tertiary/aromatic N) is 2. The van der Waals surface area contributed by atoms with Crippen LogP contribution >= 0.6 is 0 Å². The van der Waals surface area contributed by atoms with Crippen LogP contribution in [-0.2, 0) is 0 Å². The van der Waals surface area contributed by atoms with Gasteiger partial charge >= 0.3 is 0 Å². The van der Waals surface area contributed by atoms with Crippen molar-refractivity contribution in [3.8, 4) is 6.07 Å². The Morgan fingerprint density at radius 1 is 1.53 bits per heavy atom. The summed E-state index contributed by atoms with van der Waals surface area (Å²) in [7, 11) is 0. The first-order chi connectivity index (χ1) is 7.62. The molecule has 1 atom stereocenters. The van der Waals surface area contributed by atoms with E-state index in [1.165, 1.54) is 5.06 Å². The standard InChI is InChI=1S/C13H20N2O2/c1-9(8-14)11(16)10-6-12(2,3)15(17)13(4,5)7-10/h6,11,16-17H,1,7H2,2-5H3. The summed E-state index contributed by atoms with van der Waals surface area (Å²) in [5.74, 6) is 0. The minimum Gasteiger partial charge on any atom is -0.383 e. The SMILES string of the molecule is C=C(C#N)C(O)C1=CC(C)(C)N(O)C(C)(C)C1. The molecule has 1 rings (SSSR count). The van der Waals surface area contributed by atoms with Gasteiger partial charge in [-0.3, -0.25) is 0 Å². The lowest BCUT2D eigenvalue weighted by Crippen LogP contribution is -2.56. The van der Waals surface area contributed by atoms with Crippen LogP contribution in [0.15, 0.2) is 23.8 Å². The lowest BCUT2D eigenvalue weighted by Gasteiger charge is -2.47. The van der Waals surface area contributed by atoms with Crippen molar-refractivity contribution in [3.63, 3.8) is 0 Å². The van der Waals surface area contributed by atoms with E-state index in [1.807, 2.05) is 33.8 Å². The first-order valence-corrected chi connectivity index (χ1v) is 5.59. The van der Waals surface area contributed by atoms with Crippen LogP contribution in [0.2, 0.25) is 0 Å². The van der Waals surface area contributed by atoms with Crippen LogP contribution in [0.3, 0.4) is 0 Å². The summed E-state index contributed by atoms with van der Waals surface area (Å²) < 4.78 is 0. The maximum absolute atomic E-state index is 10.1. The molecule has 1 aliphatic rings. The average Bonchev–Trinajstić information content (AvgIpc) is 2.22. The fraction of sp³-hybridized carbons (Fsp3) is 0.615. The van der Waals surface area contributed by atoms with Crippen molar-refractivity contribution >= 4 is 0 Å². The molecule has 0 saturated carbocycles. The van der Waals surface area contributed by atoms with Crippen LogP contribution in [0.4, 0.5) is 0 Å². The van der Waals surface area contributed by atoms with E-state index >= 15 is 0 Å². The lowest BCUT2D eigenvalue weighted by atomic mass is 9.80. The third-order valence-electron chi connectivity index (χ3n) is 3.12. The minimum atomic E-state index is -0.952. The van der Waals surface area contributed by atoms with Gasteiger partial charge in [0.25, 0.3) is 0 Å². The Labute approximate surface area is 102 Å². The Hall–Kier alpha value is -1.15. The van der Waals surface area contributed by atoms with E-state index < -0.39 is 17.2 Å². The predicted molar refractivity (Wildman–Crippen MR) is 65.2 cm³/mol. The highest BCUT2D eigenvalue weighted by Gasteiger charge is 2.42. The summed E-state index contributed by atoms with van der Waals surface area (Å²) in [5, 5.41) is 30.1. The van der Waals surface area contributed by atoms with E-state index in [4.69, 9.17) is 5.26 Å². The zero-order valence-corrected chi connectivity index (χ0v) is 10.9. The predicted octanol–water partition coefficient (Wildman–Crippen LogP) is 2.01. The van der Waals surface area contributed by atoms with Gasteiger partial charge in [-0.25, -0.2) is 0 Å².